The molecule has 2 N–H and O–H groups in total. The van der Waals surface area contributed by atoms with Gasteiger partial charge in [-0.15, -0.1) is 0 Å². The Hall–Kier alpha value is -3.98. The van der Waals surface area contributed by atoms with Crippen molar-refractivity contribution in [1.82, 2.24) is 5.32 Å². The molecule has 0 bridgehead atoms. The molecule has 3 aromatic rings. The zero-order valence-corrected chi connectivity index (χ0v) is 23.1. The van der Waals surface area contributed by atoms with Crippen molar-refractivity contribution in [2.75, 3.05) is 25.1 Å². The molecule has 0 heterocycles. The maximum absolute atomic E-state index is 13.6. The molecule has 3 aromatic carbocycles. The second-order valence-corrected chi connectivity index (χ2v) is 10.9. The average molecular weight is 621 g/mol. The summed E-state index contributed by atoms with van der Waals surface area (Å²) in [6.07, 6.45) is -12.3. The first kappa shape index (κ1) is 32.5. The van der Waals surface area contributed by atoms with Crippen LogP contribution in [0.5, 0.6) is 11.5 Å². The molecule has 0 aliphatic carbocycles. The molecule has 0 saturated heterocycles. The van der Waals surface area contributed by atoms with E-state index in [4.69, 9.17) is 9.47 Å². The minimum absolute atomic E-state index is 0.296. The van der Waals surface area contributed by atoms with Crippen molar-refractivity contribution in [2.24, 2.45) is 0 Å². The van der Waals surface area contributed by atoms with Gasteiger partial charge in [0.05, 0.1) is 30.8 Å². The smallest absolute Gasteiger partial charge is 0.430 e. The number of amides is 1. The Labute approximate surface area is 237 Å². The van der Waals surface area contributed by atoms with Gasteiger partial charge in [0.2, 0.25) is 5.91 Å². The van der Waals surface area contributed by atoms with Gasteiger partial charge in [0.1, 0.15) is 18.0 Å². The van der Waals surface area contributed by atoms with Crippen molar-refractivity contribution in [1.29, 1.82) is 0 Å². The molecule has 1 amide bonds. The first-order chi connectivity index (χ1) is 19.5. The molecule has 0 aliphatic heterocycles. The number of ether oxygens (including phenoxy) is 2. The normalized spacial score (nSPS) is 13.3. The van der Waals surface area contributed by atoms with Crippen molar-refractivity contribution >= 4 is 21.6 Å². The Morgan fingerprint density at radius 3 is 1.71 bits per heavy atom. The lowest BCUT2D eigenvalue weighted by Crippen LogP contribution is -2.53. The Balaban J connectivity index is 2.01. The highest BCUT2D eigenvalue weighted by molar-refractivity contribution is 7.92. The molecule has 0 aliphatic rings. The summed E-state index contributed by atoms with van der Waals surface area (Å²) in [5, 5.41) is 12.3. The van der Waals surface area contributed by atoms with Crippen molar-refractivity contribution < 1.29 is 54.1 Å². The fourth-order valence-corrected chi connectivity index (χ4v) is 5.36. The highest BCUT2D eigenvalue weighted by Crippen LogP contribution is 2.50. The minimum atomic E-state index is -6.14. The number of carbonyl (C=O) groups is 1. The van der Waals surface area contributed by atoms with Gasteiger partial charge in [-0.2, -0.15) is 26.3 Å². The van der Waals surface area contributed by atoms with Crippen LogP contribution in [0.3, 0.4) is 0 Å². The summed E-state index contributed by atoms with van der Waals surface area (Å²) in [6, 6.07) is 12.8. The highest BCUT2D eigenvalue weighted by Gasteiger charge is 2.71. The summed E-state index contributed by atoms with van der Waals surface area (Å²) in [7, 11) is -1.78. The zero-order valence-electron chi connectivity index (χ0n) is 22.3. The predicted molar refractivity (Wildman–Crippen MR) is 140 cm³/mol. The van der Waals surface area contributed by atoms with Gasteiger partial charge in [-0.1, -0.05) is 24.3 Å². The third-order valence-electron chi connectivity index (χ3n) is 6.32. The maximum Gasteiger partial charge on any atom is 0.430 e. The number of carbonyl (C=O) groups excluding carboxylic acids is 1. The number of aliphatic hydroxyl groups is 1. The maximum atomic E-state index is 13.6. The number of hydrogen-bond acceptors (Lipinski definition) is 6. The summed E-state index contributed by atoms with van der Waals surface area (Å²) in [6.45, 7) is 0.725. The van der Waals surface area contributed by atoms with E-state index in [0.29, 0.717) is 45.6 Å². The SMILES string of the molecule is COc1ccc(C(C)NC(=O)CN(c2ccc(C(O)(C(F)(F)F)C(F)(F)F)cc2)S(=O)(=O)c2ccc(OC)cc2)cc1. The van der Waals surface area contributed by atoms with E-state index in [9.17, 15) is 44.7 Å². The predicted octanol–water partition coefficient (Wildman–Crippen LogP) is 5.09. The fourth-order valence-electron chi connectivity index (χ4n) is 3.94. The molecule has 0 aromatic heterocycles. The van der Waals surface area contributed by atoms with Crippen LogP contribution < -0.4 is 19.1 Å². The van der Waals surface area contributed by atoms with E-state index < -0.39 is 57.7 Å². The number of nitrogens with zero attached hydrogens (tertiary/aromatic N) is 1. The Bertz CT molecular complexity index is 1460. The second kappa shape index (κ2) is 12.1. The first-order valence-electron chi connectivity index (χ1n) is 12.0. The van der Waals surface area contributed by atoms with E-state index in [1.165, 1.54) is 26.4 Å². The largest absolute Gasteiger partial charge is 0.497 e. The molecule has 8 nitrogen and oxygen atoms in total. The summed E-state index contributed by atoms with van der Waals surface area (Å²) in [5.41, 5.74) is -6.61. The first-order valence-corrected chi connectivity index (χ1v) is 13.5. The van der Waals surface area contributed by atoms with Gasteiger partial charge in [0.25, 0.3) is 15.6 Å². The molecular weight excluding hydrogens is 594 g/mol. The third-order valence-corrected chi connectivity index (χ3v) is 8.11. The van der Waals surface area contributed by atoms with Crippen LogP contribution in [-0.2, 0) is 20.4 Å². The second-order valence-electron chi connectivity index (χ2n) is 9.00. The highest BCUT2D eigenvalue weighted by atomic mass is 32.2. The minimum Gasteiger partial charge on any atom is -0.497 e. The van der Waals surface area contributed by atoms with Crippen LogP contribution in [-0.4, -0.2) is 52.5 Å². The number of benzene rings is 3. The van der Waals surface area contributed by atoms with Gasteiger partial charge in [0.15, 0.2) is 0 Å². The molecule has 42 heavy (non-hydrogen) atoms. The van der Waals surface area contributed by atoms with Gasteiger partial charge in [0, 0.05) is 5.56 Å². The lowest BCUT2D eigenvalue weighted by molar-refractivity contribution is -0.376. The molecule has 0 radical (unpaired) electrons. The van der Waals surface area contributed by atoms with Crippen LogP contribution in [0.1, 0.15) is 24.1 Å². The molecule has 3 rings (SSSR count). The van der Waals surface area contributed by atoms with E-state index in [-0.39, 0.29) is 4.90 Å². The number of halogens is 6. The number of nitrogens with one attached hydrogen (secondary N) is 1. The summed E-state index contributed by atoms with van der Waals surface area (Å²) >= 11 is 0. The lowest BCUT2D eigenvalue weighted by Gasteiger charge is -2.33. The average Bonchev–Trinajstić information content (AvgIpc) is 2.94. The molecule has 1 atom stereocenters. The van der Waals surface area contributed by atoms with E-state index in [1.54, 1.807) is 31.2 Å². The number of alkyl halides is 6. The standard InChI is InChI=1S/C27H26F6N2O6S/c1-17(18-4-10-21(40-2)11-5-18)34-24(36)16-35(42(38,39)23-14-12-22(41-3)13-15-23)20-8-6-19(7-9-20)25(37,26(28,29)30)27(31,32)33/h4-15,17,37H,16H2,1-3H3,(H,34,36). The molecule has 15 heteroatoms. The van der Waals surface area contributed by atoms with Gasteiger partial charge >= 0.3 is 12.4 Å². The number of sulfonamides is 1. The van der Waals surface area contributed by atoms with Crippen LogP contribution in [0, 0.1) is 0 Å². The quantitative estimate of drug-likeness (QED) is 0.306. The van der Waals surface area contributed by atoms with Crippen LogP contribution in [0.15, 0.2) is 77.7 Å². The third kappa shape index (κ3) is 6.57. The van der Waals surface area contributed by atoms with Crippen molar-refractivity contribution in [2.45, 2.75) is 35.8 Å². The Morgan fingerprint density at radius 1 is 0.833 bits per heavy atom. The van der Waals surface area contributed by atoms with Crippen molar-refractivity contribution in [3.8, 4) is 11.5 Å². The van der Waals surface area contributed by atoms with Gasteiger partial charge in [-0.3, -0.25) is 9.10 Å². The van der Waals surface area contributed by atoms with Gasteiger partial charge in [-0.05, 0) is 61.0 Å². The van der Waals surface area contributed by atoms with Crippen molar-refractivity contribution in [3.63, 3.8) is 0 Å². The lowest BCUT2D eigenvalue weighted by atomic mass is 9.92. The zero-order chi connectivity index (χ0) is 31.5. The van der Waals surface area contributed by atoms with Crippen LogP contribution in [0.2, 0.25) is 0 Å². The molecule has 0 spiro atoms. The topological polar surface area (TPSA) is 105 Å². The summed E-state index contributed by atoms with van der Waals surface area (Å²) in [4.78, 5) is 12.7. The van der Waals surface area contributed by atoms with E-state index >= 15 is 0 Å². The van der Waals surface area contributed by atoms with Crippen molar-refractivity contribution in [3.05, 3.63) is 83.9 Å². The van der Waals surface area contributed by atoms with Gasteiger partial charge in [-0.25, -0.2) is 8.42 Å². The number of rotatable bonds is 10. The molecular formula is C27H26F6N2O6S. The van der Waals surface area contributed by atoms with E-state index in [2.05, 4.69) is 5.32 Å². The van der Waals surface area contributed by atoms with E-state index in [1.807, 2.05) is 0 Å². The Kier molecular flexibility index (Phi) is 9.37. The number of anilines is 1. The van der Waals surface area contributed by atoms with Crippen LogP contribution >= 0.6 is 0 Å². The summed E-state index contributed by atoms with van der Waals surface area (Å²) < 4.78 is 118. The summed E-state index contributed by atoms with van der Waals surface area (Å²) in [5.74, 6) is 0.0245. The van der Waals surface area contributed by atoms with Crippen LogP contribution in [0.25, 0.3) is 0 Å². The molecule has 0 fully saturated rings. The number of methoxy groups -OCH3 is 2. The molecule has 228 valence electrons. The molecule has 0 saturated carbocycles. The van der Waals surface area contributed by atoms with E-state index in [0.717, 1.165) is 12.1 Å². The van der Waals surface area contributed by atoms with Gasteiger partial charge < -0.3 is 19.9 Å². The fraction of sp³-hybridized carbons (Fsp3) is 0.296. The number of hydrogen-bond donors (Lipinski definition) is 2. The molecule has 1 unspecified atom stereocenters. The monoisotopic (exact) mass is 620 g/mol. The Morgan fingerprint density at radius 2 is 1.29 bits per heavy atom. The van der Waals surface area contributed by atoms with Crippen LogP contribution in [0.4, 0.5) is 32.0 Å².